The second-order valence-corrected chi connectivity index (χ2v) is 8.95. The Bertz CT molecular complexity index is 1410. The zero-order valence-electron chi connectivity index (χ0n) is 21.4. The number of methoxy groups -OCH3 is 2. The Morgan fingerprint density at radius 1 is 1.22 bits per heavy atom. The van der Waals surface area contributed by atoms with Gasteiger partial charge in [0, 0.05) is 19.4 Å². The number of ether oxygens (including phenoxy) is 2. The molecule has 36 heavy (non-hydrogen) atoms. The molecule has 5 rings (SSSR count). The molecule has 11 heteroatoms. The molecule has 4 heterocycles. The van der Waals surface area contributed by atoms with Crippen LogP contribution in [-0.4, -0.2) is 54.1 Å². The maximum Gasteiger partial charge on any atom is 0.338 e. The molecule has 4 aromatic rings. The van der Waals surface area contributed by atoms with Gasteiger partial charge in [-0.15, -0.1) is 0 Å². The molecule has 0 saturated heterocycles. The average molecular weight is 517 g/mol. The van der Waals surface area contributed by atoms with Crippen molar-refractivity contribution < 1.29 is 24.5 Å². The summed E-state index contributed by atoms with van der Waals surface area (Å²) < 4.78 is 32.5. The van der Waals surface area contributed by atoms with Crippen LogP contribution in [0.4, 0.5) is 5.82 Å². The molecule has 0 amide bonds. The molecular weight excluding hydrogens is 482 g/mol. The van der Waals surface area contributed by atoms with Crippen LogP contribution in [0.15, 0.2) is 30.3 Å². The lowest BCUT2D eigenvalue weighted by Crippen LogP contribution is -2.05. The van der Waals surface area contributed by atoms with Crippen LogP contribution in [0.2, 0.25) is 0 Å². The van der Waals surface area contributed by atoms with Gasteiger partial charge in [-0.05, 0) is 56.2 Å². The van der Waals surface area contributed by atoms with E-state index < -0.39 is 17.0 Å². The molecule has 0 aliphatic heterocycles. The second kappa shape index (κ2) is 11.5. The minimum Gasteiger partial charge on any atom is -0.773 e. The zero-order chi connectivity index (χ0) is 26.6. The number of esters is 1. The van der Waals surface area contributed by atoms with E-state index >= 15 is 0 Å². The van der Waals surface area contributed by atoms with Gasteiger partial charge in [-0.2, -0.15) is 0 Å². The van der Waals surface area contributed by atoms with Gasteiger partial charge in [0.15, 0.2) is 5.88 Å². The number of nitrogens with zero attached hydrogens (tertiary/aromatic N) is 4. The summed E-state index contributed by atoms with van der Waals surface area (Å²) in [5.41, 5.74) is 10.6. The number of imidazole rings is 1. The first-order valence-corrected chi connectivity index (χ1v) is 13.1. The summed E-state index contributed by atoms with van der Waals surface area (Å²) in [6.07, 6.45) is 3.53. The molecule has 0 spiro atoms. The number of hydrogen-bond acceptors (Lipinski definition) is 8. The molecule has 1 atom stereocenters. The smallest absolute Gasteiger partial charge is 0.338 e. The van der Waals surface area contributed by atoms with Crippen molar-refractivity contribution in [2.75, 3.05) is 26.2 Å². The normalized spacial score (nSPS) is 13.4. The van der Waals surface area contributed by atoms with Gasteiger partial charge in [0.25, 0.3) is 0 Å². The van der Waals surface area contributed by atoms with Crippen LogP contribution in [0.5, 0.6) is 5.88 Å². The van der Waals surface area contributed by atoms with Crippen LogP contribution >= 0.6 is 0 Å². The van der Waals surface area contributed by atoms with E-state index in [1.807, 2.05) is 37.3 Å². The number of carbonyl (C=O) groups excluding carboxylic acids is 1. The number of pyridine rings is 2. The van der Waals surface area contributed by atoms with Crippen LogP contribution in [0.1, 0.15) is 44.2 Å². The molecule has 1 aliphatic carbocycles. The van der Waals surface area contributed by atoms with Gasteiger partial charge in [0.2, 0.25) is 0 Å². The van der Waals surface area contributed by atoms with Crippen LogP contribution < -0.4 is 10.5 Å². The van der Waals surface area contributed by atoms with E-state index in [4.69, 9.17) is 29.0 Å². The number of fused-ring (bicyclic) bond motifs is 2. The highest BCUT2D eigenvalue weighted by molar-refractivity contribution is 7.78. The van der Waals surface area contributed by atoms with Crippen LogP contribution in [0, 0.1) is 12.8 Å². The van der Waals surface area contributed by atoms with Gasteiger partial charge < -0.3 is 24.3 Å². The first kappa shape index (κ1) is 27.2. The molecule has 1 unspecified atom stereocenters. The van der Waals surface area contributed by atoms with Crippen LogP contribution in [-0.2, 0) is 22.4 Å². The zero-order valence-corrected chi connectivity index (χ0v) is 22.2. The topological polar surface area (TPSA) is 137 Å². The number of aromatic nitrogens is 4. The Morgan fingerprint density at radius 2 is 1.89 bits per heavy atom. The first-order valence-electron chi connectivity index (χ1n) is 11.7. The van der Waals surface area contributed by atoms with Gasteiger partial charge in [-0.1, -0.05) is 24.9 Å². The number of nitrogen functional groups attached to an aromatic ring is 1. The SMILES string of the molecule is CC.COC(=O)c1cc(OC)n2c(C)c(-c3cc4ccc(N)nc4n3CC3CC3)nc2c1.CS(=O)[O-].[HH]. The molecule has 196 valence electrons. The second-order valence-electron chi connectivity index (χ2n) is 8.15. The highest BCUT2D eigenvalue weighted by Crippen LogP contribution is 2.37. The molecule has 0 bridgehead atoms. The quantitative estimate of drug-likeness (QED) is 0.308. The number of nitrogens with two attached hydrogens (primary N) is 1. The predicted octanol–water partition coefficient (Wildman–Crippen LogP) is 4.21. The van der Waals surface area contributed by atoms with Crippen molar-refractivity contribution in [2.45, 2.75) is 40.2 Å². The van der Waals surface area contributed by atoms with Gasteiger partial charge >= 0.3 is 5.97 Å². The van der Waals surface area contributed by atoms with Crippen molar-refractivity contribution in [2.24, 2.45) is 5.92 Å². The Balaban J connectivity index is 0.000000630. The fraction of sp³-hybridized carbons (Fsp3) is 0.400. The van der Waals surface area contributed by atoms with Crippen molar-refractivity contribution in [1.29, 1.82) is 0 Å². The minimum absolute atomic E-state index is 0. The van der Waals surface area contributed by atoms with E-state index in [2.05, 4.69) is 15.6 Å². The third kappa shape index (κ3) is 5.68. The number of anilines is 1. The summed E-state index contributed by atoms with van der Waals surface area (Å²) >= 11 is -1.86. The summed E-state index contributed by atoms with van der Waals surface area (Å²) in [4.78, 5) is 21.5. The fourth-order valence-electron chi connectivity index (χ4n) is 3.99. The Kier molecular flexibility index (Phi) is 8.70. The van der Waals surface area contributed by atoms with E-state index in [-0.39, 0.29) is 1.43 Å². The Labute approximate surface area is 214 Å². The number of hydrogen-bond donors (Lipinski definition) is 1. The maximum atomic E-state index is 12.1. The highest BCUT2D eigenvalue weighted by atomic mass is 32.2. The van der Waals surface area contributed by atoms with E-state index in [1.165, 1.54) is 20.0 Å². The van der Waals surface area contributed by atoms with Gasteiger partial charge in [-0.3, -0.25) is 8.61 Å². The van der Waals surface area contributed by atoms with Crippen molar-refractivity contribution in [3.8, 4) is 17.3 Å². The highest BCUT2D eigenvalue weighted by Gasteiger charge is 2.26. The Hall–Kier alpha value is -3.44. The lowest BCUT2D eigenvalue weighted by molar-refractivity contribution is 0.0600. The molecule has 2 N–H and O–H groups in total. The van der Waals surface area contributed by atoms with Gasteiger partial charge in [0.05, 0.1) is 31.2 Å². The summed E-state index contributed by atoms with van der Waals surface area (Å²) in [5.74, 6) is 1.25. The lowest BCUT2D eigenvalue weighted by atomic mass is 10.2. The molecule has 4 aromatic heterocycles. The van der Waals surface area contributed by atoms with E-state index in [0.717, 1.165) is 40.9 Å². The maximum absolute atomic E-state index is 12.1. The van der Waals surface area contributed by atoms with Crippen LogP contribution in [0.25, 0.3) is 28.1 Å². The van der Waals surface area contributed by atoms with Gasteiger partial charge in [0.1, 0.15) is 22.8 Å². The Morgan fingerprint density at radius 3 is 2.47 bits per heavy atom. The van der Waals surface area contributed by atoms with Crippen molar-refractivity contribution in [3.63, 3.8) is 0 Å². The summed E-state index contributed by atoms with van der Waals surface area (Å²) in [6.45, 7) is 6.88. The van der Waals surface area contributed by atoms with E-state index in [9.17, 15) is 4.79 Å². The first-order chi connectivity index (χ1) is 17.2. The summed E-state index contributed by atoms with van der Waals surface area (Å²) in [7, 11) is 2.93. The third-order valence-corrected chi connectivity index (χ3v) is 5.69. The molecule has 1 saturated carbocycles. The fourth-order valence-corrected chi connectivity index (χ4v) is 3.99. The monoisotopic (exact) mass is 516 g/mol. The number of aryl methyl sites for hydroxylation is 1. The molecule has 10 nitrogen and oxygen atoms in total. The van der Waals surface area contributed by atoms with Gasteiger partial charge in [-0.25, -0.2) is 14.8 Å². The average Bonchev–Trinajstić information content (AvgIpc) is 3.54. The predicted molar refractivity (Wildman–Crippen MR) is 142 cm³/mol. The molecule has 1 fully saturated rings. The lowest BCUT2D eigenvalue weighted by Gasteiger charge is -2.10. The molecule has 0 radical (unpaired) electrons. The largest absolute Gasteiger partial charge is 0.773 e. The van der Waals surface area contributed by atoms with E-state index in [1.54, 1.807) is 19.2 Å². The molecular formula is C25H34N5O5S-. The molecule has 1 aliphatic rings. The van der Waals surface area contributed by atoms with Crippen molar-refractivity contribution >= 4 is 39.5 Å². The van der Waals surface area contributed by atoms with E-state index in [0.29, 0.717) is 28.8 Å². The number of carbonyl (C=O) groups is 1. The van der Waals surface area contributed by atoms with Crippen molar-refractivity contribution in [1.82, 2.24) is 18.9 Å². The summed E-state index contributed by atoms with van der Waals surface area (Å²) in [5, 5.41) is 1.03. The summed E-state index contributed by atoms with van der Waals surface area (Å²) in [6, 6.07) is 9.29. The third-order valence-electron chi connectivity index (χ3n) is 5.69. The molecule has 0 aromatic carbocycles. The number of rotatable bonds is 5. The van der Waals surface area contributed by atoms with Crippen molar-refractivity contribution in [3.05, 3.63) is 41.6 Å². The standard InChI is InChI=1S/C22H23N5O3.C2H6.CH4O2S.H2/c1-12-20(25-18-9-15(22(28)30-3)10-19(29-2)27(12)18)16-8-14-6-7-17(23)24-21(14)26(16)11-13-4-5-13;1-2;1-4(2)3;/h6-10,13H,4-5,11H2,1-3H3,(H2,23,24);1-2H3;1H3,(H,2,3);1H/p-1. The van der Waals surface area contributed by atoms with Crippen LogP contribution in [0.3, 0.4) is 0 Å². The minimum atomic E-state index is -1.86.